The predicted octanol–water partition coefficient (Wildman–Crippen LogP) is 0.771. The maximum Gasteiger partial charge on any atom is 0.327 e. The summed E-state index contributed by atoms with van der Waals surface area (Å²) in [5, 5.41) is 9.06. The minimum Gasteiger partial charge on any atom is -0.480 e. The minimum atomic E-state index is -0.873. The summed E-state index contributed by atoms with van der Waals surface area (Å²) in [5.41, 5.74) is 0. The van der Waals surface area contributed by atoms with Crippen molar-refractivity contribution in [2.24, 2.45) is 5.92 Å². The van der Waals surface area contributed by atoms with Gasteiger partial charge in [-0.15, -0.1) is 11.8 Å². The lowest BCUT2D eigenvalue weighted by molar-refractivity contribution is -0.152. The molecule has 2 heterocycles. The molecular formula is C9H13NO3S. The Morgan fingerprint density at radius 1 is 1.57 bits per heavy atom. The van der Waals surface area contributed by atoms with Gasteiger partial charge in [-0.25, -0.2) is 4.79 Å². The van der Waals surface area contributed by atoms with Gasteiger partial charge in [0.15, 0.2) is 0 Å². The topological polar surface area (TPSA) is 57.6 Å². The van der Waals surface area contributed by atoms with Gasteiger partial charge in [0, 0.05) is 11.7 Å². The van der Waals surface area contributed by atoms with E-state index in [2.05, 4.69) is 0 Å². The Balaban J connectivity index is 2.20. The van der Waals surface area contributed by atoms with Crippen LogP contribution in [0.5, 0.6) is 0 Å². The van der Waals surface area contributed by atoms with E-state index in [1.807, 2.05) is 6.92 Å². The van der Waals surface area contributed by atoms with Crippen LogP contribution in [0.15, 0.2) is 0 Å². The van der Waals surface area contributed by atoms with Crippen LogP contribution in [0.2, 0.25) is 0 Å². The van der Waals surface area contributed by atoms with E-state index in [4.69, 9.17) is 5.11 Å². The van der Waals surface area contributed by atoms with Crippen molar-refractivity contribution in [2.45, 2.75) is 31.2 Å². The van der Waals surface area contributed by atoms with Gasteiger partial charge in [-0.2, -0.15) is 0 Å². The van der Waals surface area contributed by atoms with E-state index in [1.165, 1.54) is 0 Å². The standard InChI is InChI=1S/C9H13NO3S/c1-5-2-3-7-10(8(5)11)6(4-14-7)9(12)13/h5-7H,2-4H2,1H3,(H,12,13). The van der Waals surface area contributed by atoms with Crippen molar-refractivity contribution in [3.63, 3.8) is 0 Å². The molecule has 0 aromatic heterocycles. The number of carbonyl (C=O) groups excluding carboxylic acids is 1. The van der Waals surface area contributed by atoms with Crippen LogP contribution in [0.1, 0.15) is 19.8 Å². The molecule has 0 spiro atoms. The molecule has 3 atom stereocenters. The Bertz CT molecular complexity index is 281. The molecule has 0 saturated carbocycles. The Morgan fingerprint density at radius 3 is 2.93 bits per heavy atom. The van der Waals surface area contributed by atoms with Gasteiger partial charge in [0.05, 0.1) is 5.37 Å². The number of piperidine rings is 1. The van der Waals surface area contributed by atoms with Gasteiger partial charge in [0.1, 0.15) is 6.04 Å². The molecule has 0 aromatic rings. The highest BCUT2D eigenvalue weighted by atomic mass is 32.2. The van der Waals surface area contributed by atoms with E-state index in [0.717, 1.165) is 12.8 Å². The summed E-state index contributed by atoms with van der Waals surface area (Å²) in [6.45, 7) is 1.88. The summed E-state index contributed by atoms with van der Waals surface area (Å²) in [4.78, 5) is 24.2. The molecule has 2 aliphatic heterocycles. The Labute approximate surface area is 86.6 Å². The third-order valence-electron chi connectivity index (χ3n) is 2.90. The first-order valence-electron chi connectivity index (χ1n) is 4.78. The zero-order valence-corrected chi connectivity index (χ0v) is 8.79. The summed E-state index contributed by atoms with van der Waals surface area (Å²) in [6, 6.07) is -0.597. The molecule has 2 rings (SSSR count). The van der Waals surface area contributed by atoms with Crippen LogP contribution in [0.3, 0.4) is 0 Å². The summed E-state index contributed by atoms with van der Waals surface area (Å²) in [5.74, 6) is -0.328. The SMILES string of the molecule is CC1CCC2SCC(C(=O)O)N2C1=O. The molecule has 0 aliphatic carbocycles. The summed E-state index contributed by atoms with van der Waals surface area (Å²) in [7, 11) is 0. The number of rotatable bonds is 1. The molecule has 5 heteroatoms. The number of carboxylic acid groups (broad SMARTS) is 1. The zero-order valence-electron chi connectivity index (χ0n) is 7.97. The molecule has 14 heavy (non-hydrogen) atoms. The van der Waals surface area contributed by atoms with Crippen molar-refractivity contribution in [3.05, 3.63) is 0 Å². The number of carboxylic acids is 1. The third kappa shape index (κ3) is 1.39. The second-order valence-electron chi connectivity index (χ2n) is 3.87. The summed E-state index contributed by atoms with van der Waals surface area (Å²) in [6.07, 6.45) is 1.82. The number of carbonyl (C=O) groups is 2. The van der Waals surface area contributed by atoms with Crippen LogP contribution in [-0.2, 0) is 9.59 Å². The number of aliphatic carboxylic acids is 1. The average molecular weight is 215 g/mol. The molecule has 4 nitrogen and oxygen atoms in total. The van der Waals surface area contributed by atoms with Crippen LogP contribution in [-0.4, -0.2) is 39.1 Å². The van der Waals surface area contributed by atoms with Crippen LogP contribution in [0, 0.1) is 5.92 Å². The van der Waals surface area contributed by atoms with E-state index in [-0.39, 0.29) is 17.2 Å². The van der Waals surface area contributed by atoms with Gasteiger partial charge < -0.3 is 10.0 Å². The monoisotopic (exact) mass is 215 g/mol. The number of hydrogen-bond acceptors (Lipinski definition) is 3. The Kier molecular flexibility index (Phi) is 2.43. The van der Waals surface area contributed by atoms with E-state index in [1.54, 1.807) is 16.7 Å². The number of thioether (sulfide) groups is 1. The quantitative estimate of drug-likeness (QED) is 0.702. The largest absolute Gasteiger partial charge is 0.480 e. The first kappa shape index (κ1) is 9.83. The lowest BCUT2D eigenvalue weighted by Crippen LogP contribution is -2.50. The predicted molar refractivity (Wildman–Crippen MR) is 52.9 cm³/mol. The molecule has 2 fully saturated rings. The highest BCUT2D eigenvalue weighted by Crippen LogP contribution is 2.38. The molecule has 1 amide bonds. The first-order valence-corrected chi connectivity index (χ1v) is 5.82. The lowest BCUT2D eigenvalue weighted by Gasteiger charge is -2.34. The highest BCUT2D eigenvalue weighted by Gasteiger charge is 2.45. The number of hydrogen-bond donors (Lipinski definition) is 1. The van der Waals surface area contributed by atoms with Crippen LogP contribution in [0.25, 0.3) is 0 Å². The molecule has 0 bridgehead atoms. The van der Waals surface area contributed by atoms with E-state index in [9.17, 15) is 9.59 Å². The van der Waals surface area contributed by atoms with E-state index < -0.39 is 12.0 Å². The van der Waals surface area contributed by atoms with Crippen LogP contribution < -0.4 is 0 Å². The van der Waals surface area contributed by atoms with Crippen LogP contribution >= 0.6 is 11.8 Å². The van der Waals surface area contributed by atoms with Crippen molar-refractivity contribution < 1.29 is 14.7 Å². The van der Waals surface area contributed by atoms with E-state index in [0.29, 0.717) is 5.75 Å². The van der Waals surface area contributed by atoms with Gasteiger partial charge in [-0.05, 0) is 12.8 Å². The lowest BCUT2D eigenvalue weighted by atomic mass is 9.98. The fourth-order valence-corrected chi connectivity index (χ4v) is 3.46. The van der Waals surface area contributed by atoms with Crippen molar-refractivity contribution in [2.75, 3.05) is 5.75 Å². The molecule has 0 radical (unpaired) electrons. The fraction of sp³-hybridized carbons (Fsp3) is 0.778. The fourth-order valence-electron chi connectivity index (χ4n) is 2.04. The number of nitrogens with zero attached hydrogens (tertiary/aromatic N) is 1. The van der Waals surface area contributed by atoms with Crippen molar-refractivity contribution in [3.8, 4) is 0 Å². The maximum atomic E-state index is 11.8. The van der Waals surface area contributed by atoms with Crippen LogP contribution in [0.4, 0.5) is 0 Å². The average Bonchev–Trinajstić information content (AvgIpc) is 2.55. The second-order valence-corrected chi connectivity index (χ2v) is 5.08. The number of amides is 1. The molecule has 0 aromatic carbocycles. The minimum absolute atomic E-state index is 0.00759. The molecule has 1 N–H and O–H groups in total. The summed E-state index contributed by atoms with van der Waals surface area (Å²) >= 11 is 1.59. The van der Waals surface area contributed by atoms with Gasteiger partial charge in [0.2, 0.25) is 5.91 Å². The van der Waals surface area contributed by atoms with Gasteiger partial charge in [-0.3, -0.25) is 4.79 Å². The van der Waals surface area contributed by atoms with Gasteiger partial charge in [-0.1, -0.05) is 6.92 Å². The van der Waals surface area contributed by atoms with E-state index >= 15 is 0 Å². The first-order chi connectivity index (χ1) is 6.61. The molecule has 3 unspecified atom stereocenters. The third-order valence-corrected chi connectivity index (χ3v) is 4.26. The Morgan fingerprint density at radius 2 is 2.29 bits per heavy atom. The molecule has 78 valence electrons. The normalized spacial score (nSPS) is 37.1. The zero-order chi connectivity index (χ0) is 10.3. The molecule has 2 aliphatic rings. The highest BCUT2D eigenvalue weighted by molar-refractivity contribution is 8.00. The maximum absolute atomic E-state index is 11.8. The van der Waals surface area contributed by atoms with Gasteiger partial charge >= 0.3 is 5.97 Å². The van der Waals surface area contributed by atoms with Crippen molar-refractivity contribution >= 4 is 23.6 Å². The second kappa shape index (κ2) is 3.46. The summed E-state index contributed by atoms with van der Waals surface area (Å²) < 4.78 is 0. The molecule has 2 saturated heterocycles. The Hall–Kier alpha value is -0.710. The van der Waals surface area contributed by atoms with Crippen molar-refractivity contribution in [1.29, 1.82) is 0 Å². The molecular weight excluding hydrogens is 202 g/mol. The van der Waals surface area contributed by atoms with Crippen molar-refractivity contribution in [1.82, 2.24) is 4.90 Å². The smallest absolute Gasteiger partial charge is 0.327 e. The number of fused-ring (bicyclic) bond motifs is 1. The van der Waals surface area contributed by atoms with Gasteiger partial charge in [0.25, 0.3) is 0 Å².